The van der Waals surface area contributed by atoms with E-state index in [0.717, 1.165) is 31.5 Å². The van der Waals surface area contributed by atoms with Gasteiger partial charge in [0.05, 0.1) is 23.0 Å². The predicted octanol–water partition coefficient (Wildman–Crippen LogP) is 2.94. The van der Waals surface area contributed by atoms with Crippen LogP contribution in [0, 0.1) is 0 Å². The van der Waals surface area contributed by atoms with Crippen molar-refractivity contribution in [3.63, 3.8) is 0 Å². The number of anilines is 1. The Labute approximate surface area is 229 Å². The standard InChI is InChI=1S/C24H29N3O5S.C2HF3O2/c1-25-11-9-17(10-12-25)26(2)24(28)20-16-27(21-6-4-3-5-19(20)21)33(29,30)18-7-8-22-23(15-18)32-14-13-31-22;3-2(4,5)1(6)7/h3-8,15,17,20H,9-14,16H2,1-2H3;(H,6,7). The van der Waals surface area contributed by atoms with Gasteiger partial charge in [0.15, 0.2) is 11.5 Å². The molecule has 40 heavy (non-hydrogen) atoms. The van der Waals surface area contributed by atoms with Gasteiger partial charge in [-0.15, -0.1) is 0 Å². The molecule has 1 unspecified atom stereocenters. The van der Waals surface area contributed by atoms with Crippen LogP contribution in [0.25, 0.3) is 0 Å². The molecule has 1 amide bonds. The zero-order valence-electron chi connectivity index (χ0n) is 21.9. The van der Waals surface area contributed by atoms with Gasteiger partial charge in [0.1, 0.15) is 13.2 Å². The lowest BCUT2D eigenvalue weighted by Gasteiger charge is -2.36. The average molecular weight is 586 g/mol. The van der Waals surface area contributed by atoms with E-state index in [1.165, 1.54) is 16.4 Å². The number of carbonyl (C=O) groups is 2. The highest BCUT2D eigenvalue weighted by Crippen LogP contribution is 2.42. The fraction of sp³-hybridized carbons (Fsp3) is 0.462. The van der Waals surface area contributed by atoms with E-state index < -0.39 is 28.1 Å². The van der Waals surface area contributed by atoms with Crippen LogP contribution < -0.4 is 13.8 Å². The molecule has 1 N–H and O–H groups in total. The third kappa shape index (κ3) is 6.12. The molecule has 0 saturated carbocycles. The van der Waals surface area contributed by atoms with Crippen LogP contribution in [0.15, 0.2) is 47.4 Å². The number of para-hydroxylation sites is 1. The van der Waals surface area contributed by atoms with E-state index in [1.807, 2.05) is 24.1 Å². The summed E-state index contributed by atoms with van der Waals surface area (Å²) in [6.07, 6.45) is -3.24. The average Bonchev–Trinajstić information content (AvgIpc) is 3.33. The van der Waals surface area contributed by atoms with Crippen LogP contribution >= 0.6 is 0 Å². The minimum Gasteiger partial charge on any atom is -0.486 e. The molecule has 5 rings (SSSR count). The number of fused-ring (bicyclic) bond motifs is 2. The number of nitrogens with zero attached hydrogens (tertiary/aromatic N) is 3. The maximum atomic E-state index is 13.7. The van der Waals surface area contributed by atoms with Crippen molar-refractivity contribution in [1.82, 2.24) is 9.80 Å². The van der Waals surface area contributed by atoms with Gasteiger partial charge in [-0.05, 0) is 56.7 Å². The number of aliphatic carboxylic acids is 1. The van der Waals surface area contributed by atoms with Gasteiger partial charge >= 0.3 is 12.1 Å². The summed E-state index contributed by atoms with van der Waals surface area (Å²) in [6.45, 7) is 2.81. The van der Waals surface area contributed by atoms with Crippen molar-refractivity contribution in [2.75, 3.05) is 51.2 Å². The number of benzene rings is 2. The molecular weight excluding hydrogens is 555 g/mol. The largest absolute Gasteiger partial charge is 0.490 e. The van der Waals surface area contributed by atoms with Gasteiger partial charge in [0, 0.05) is 19.2 Å². The van der Waals surface area contributed by atoms with Crippen LogP contribution in [0.5, 0.6) is 11.5 Å². The van der Waals surface area contributed by atoms with E-state index >= 15 is 0 Å². The summed E-state index contributed by atoms with van der Waals surface area (Å²) in [6, 6.07) is 12.1. The van der Waals surface area contributed by atoms with Crippen LogP contribution in [0.2, 0.25) is 0 Å². The number of sulfonamides is 1. The first kappa shape index (κ1) is 29.5. The molecule has 14 heteroatoms. The normalized spacial score (nSPS) is 19.3. The molecule has 2 aromatic carbocycles. The van der Waals surface area contributed by atoms with E-state index in [2.05, 4.69) is 11.9 Å². The third-order valence-corrected chi connectivity index (χ3v) is 8.93. The third-order valence-electron chi connectivity index (χ3n) is 7.15. The fourth-order valence-electron chi connectivity index (χ4n) is 4.93. The van der Waals surface area contributed by atoms with Crippen LogP contribution in [0.1, 0.15) is 24.3 Å². The molecule has 0 radical (unpaired) electrons. The van der Waals surface area contributed by atoms with Crippen LogP contribution in [-0.2, 0) is 19.6 Å². The van der Waals surface area contributed by atoms with Crippen molar-refractivity contribution in [2.24, 2.45) is 0 Å². The number of carboxylic acid groups (broad SMARTS) is 1. The summed E-state index contributed by atoms with van der Waals surface area (Å²) in [4.78, 5) is 26.7. The molecule has 0 bridgehead atoms. The summed E-state index contributed by atoms with van der Waals surface area (Å²) in [5.41, 5.74) is 1.31. The second kappa shape index (κ2) is 11.5. The Morgan fingerprint density at radius 2 is 1.62 bits per heavy atom. The number of amides is 1. The Morgan fingerprint density at radius 1 is 1.02 bits per heavy atom. The lowest BCUT2D eigenvalue weighted by Crippen LogP contribution is -2.46. The number of hydrogen-bond acceptors (Lipinski definition) is 7. The molecule has 0 aliphatic carbocycles. The van der Waals surface area contributed by atoms with E-state index in [9.17, 15) is 26.4 Å². The molecule has 1 fully saturated rings. The minimum absolute atomic E-state index is 0.0307. The van der Waals surface area contributed by atoms with E-state index in [4.69, 9.17) is 19.4 Å². The topological polar surface area (TPSA) is 117 Å². The number of alkyl halides is 3. The van der Waals surface area contributed by atoms with Crippen LogP contribution in [0.4, 0.5) is 18.9 Å². The molecule has 10 nitrogen and oxygen atoms in total. The molecule has 1 atom stereocenters. The Bertz CT molecular complexity index is 1360. The van der Waals surface area contributed by atoms with Crippen molar-refractivity contribution in [3.8, 4) is 11.5 Å². The SMILES string of the molecule is CN1CCC(N(C)C(=O)C2CN(S(=O)(=O)c3ccc4c(c3)OCCO4)c3ccccc32)CC1.O=C(O)C(F)(F)F. The van der Waals surface area contributed by atoms with E-state index in [-0.39, 0.29) is 23.4 Å². The fourth-order valence-corrected chi connectivity index (χ4v) is 6.45. The number of carboxylic acids is 1. The van der Waals surface area contributed by atoms with Gasteiger partial charge in [-0.3, -0.25) is 9.10 Å². The Morgan fingerprint density at radius 3 is 2.25 bits per heavy atom. The minimum atomic E-state index is -5.08. The summed E-state index contributed by atoms with van der Waals surface area (Å²) in [5, 5.41) is 7.12. The van der Waals surface area contributed by atoms with E-state index in [1.54, 1.807) is 18.2 Å². The molecule has 1 saturated heterocycles. The Kier molecular flexibility index (Phi) is 8.49. The van der Waals surface area contributed by atoms with E-state index in [0.29, 0.717) is 30.4 Å². The highest BCUT2D eigenvalue weighted by Gasteiger charge is 2.42. The van der Waals surface area contributed by atoms with Crippen LogP contribution in [-0.4, -0.2) is 94.4 Å². The summed E-state index contributed by atoms with van der Waals surface area (Å²) >= 11 is 0. The molecule has 218 valence electrons. The van der Waals surface area contributed by atoms with Gasteiger partial charge in [-0.25, -0.2) is 13.2 Å². The zero-order valence-corrected chi connectivity index (χ0v) is 22.7. The summed E-state index contributed by atoms with van der Waals surface area (Å²) in [5.74, 6) is -2.36. The number of piperidine rings is 1. The summed E-state index contributed by atoms with van der Waals surface area (Å²) in [7, 11) is 0.0458. The van der Waals surface area contributed by atoms with Gasteiger partial charge < -0.3 is 24.4 Å². The predicted molar refractivity (Wildman–Crippen MR) is 138 cm³/mol. The Hall–Kier alpha value is -3.52. The van der Waals surface area contributed by atoms with Crippen molar-refractivity contribution >= 4 is 27.6 Å². The molecule has 2 aromatic rings. The van der Waals surface area contributed by atoms with Crippen molar-refractivity contribution < 1.29 is 45.8 Å². The molecule has 3 aliphatic rings. The lowest BCUT2D eigenvalue weighted by atomic mass is 9.97. The quantitative estimate of drug-likeness (QED) is 0.583. The molecular formula is C26H30F3N3O7S. The number of likely N-dealkylation sites (N-methyl/N-ethyl adjacent to an activating group) is 1. The number of likely N-dealkylation sites (tertiary alicyclic amines) is 1. The number of carbonyl (C=O) groups excluding carboxylic acids is 1. The Balaban J connectivity index is 0.000000470. The molecule has 3 aliphatic heterocycles. The van der Waals surface area contributed by atoms with Gasteiger partial charge in [0.25, 0.3) is 10.0 Å². The number of ether oxygens (including phenoxy) is 2. The second-order valence-electron chi connectivity index (χ2n) is 9.74. The second-order valence-corrected chi connectivity index (χ2v) is 11.6. The van der Waals surface area contributed by atoms with Gasteiger partial charge in [0.2, 0.25) is 5.91 Å². The zero-order chi connectivity index (χ0) is 29.2. The monoisotopic (exact) mass is 585 g/mol. The smallest absolute Gasteiger partial charge is 0.486 e. The maximum absolute atomic E-state index is 13.7. The first-order chi connectivity index (χ1) is 18.8. The van der Waals surface area contributed by atoms with Crippen molar-refractivity contribution in [2.45, 2.75) is 35.9 Å². The first-order valence-electron chi connectivity index (χ1n) is 12.6. The summed E-state index contributed by atoms with van der Waals surface area (Å²) < 4.78 is 71.5. The van der Waals surface area contributed by atoms with Crippen molar-refractivity contribution in [3.05, 3.63) is 48.0 Å². The van der Waals surface area contributed by atoms with Crippen molar-refractivity contribution in [1.29, 1.82) is 0 Å². The van der Waals surface area contributed by atoms with Crippen LogP contribution in [0.3, 0.4) is 0 Å². The lowest BCUT2D eigenvalue weighted by molar-refractivity contribution is -0.192. The number of halogens is 3. The highest BCUT2D eigenvalue weighted by atomic mass is 32.2. The molecule has 0 spiro atoms. The maximum Gasteiger partial charge on any atom is 0.490 e. The number of rotatable bonds is 4. The molecule has 0 aromatic heterocycles. The molecule has 3 heterocycles. The van der Waals surface area contributed by atoms with Gasteiger partial charge in [-0.1, -0.05) is 18.2 Å². The number of hydrogen-bond donors (Lipinski definition) is 1. The first-order valence-corrected chi connectivity index (χ1v) is 14.0. The van der Waals surface area contributed by atoms with Gasteiger partial charge in [-0.2, -0.15) is 13.2 Å². The highest BCUT2D eigenvalue weighted by molar-refractivity contribution is 7.92.